The van der Waals surface area contributed by atoms with Crippen molar-refractivity contribution in [2.45, 2.75) is 25.9 Å². The standard InChI is InChI=1S/C20H24N2O/c1-14-6-7-19-18(10-14)20(21)17(13-23-19)12-22-9-8-15-4-2-3-5-16(15)11-22/h2-7,10,17,20H,8-9,11-13,21H2,1H3. The second-order valence-electron chi connectivity index (χ2n) is 6.89. The minimum atomic E-state index is 0.0656. The number of rotatable bonds is 2. The zero-order valence-corrected chi connectivity index (χ0v) is 13.7. The fourth-order valence-corrected chi connectivity index (χ4v) is 3.82. The summed E-state index contributed by atoms with van der Waals surface area (Å²) in [6.07, 6.45) is 1.13. The van der Waals surface area contributed by atoms with Crippen molar-refractivity contribution in [3.63, 3.8) is 0 Å². The number of ether oxygens (including phenoxy) is 1. The van der Waals surface area contributed by atoms with Crippen LogP contribution in [0.4, 0.5) is 0 Å². The van der Waals surface area contributed by atoms with Crippen LogP contribution in [-0.4, -0.2) is 24.6 Å². The molecule has 0 saturated carbocycles. The Balaban J connectivity index is 1.48. The molecule has 4 rings (SSSR count). The van der Waals surface area contributed by atoms with E-state index in [1.807, 2.05) is 0 Å². The van der Waals surface area contributed by atoms with E-state index < -0.39 is 0 Å². The van der Waals surface area contributed by atoms with Crippen LogP contribution in [-0.2, 0) is 13.0 Å². The Bertz CT molecular complexity index is 713. The van der Waals surface area contributed by atoms with Crippen LogP contribution in [0.15, 0.2) is 42.5 Å². The summed E-state index contributed by atoms with van der Waals surface area (Å²) < 4.78 is 5.97. The van der Waals surface area contributed by atoms with Gasteiger partial charge in [-0.1, -0.05) is 42.0 Å². The van der Waals surface area contributed by atoms with Crippen molar-refractivity contribution in [2.75, 3.05) is 19.7 Å². The molecule has 23 heavy (non-hydrogen) atoms. The molecule has 0 spiro atoms. The van der Waals surface area contributed by atoms with E-state index in [2.05, 4.69) is 54.3 Å². The zero-order valence-electron chi connectivity index (χ0n) is 13.7. The molecule has 2 aliphatic rings. The summed E-state index contributed by atoms with van der Waals surface area (Å²) >= 11 is 0. The molecular weight excluding hydrogens is 284 g/mol. The van der Waals surface area contributed by atoms with Gasteiger partial charge in [0.2, 0.25) is 0 Å². The lowest BCUT2D eigenvalue weighted by Gasteiger charge is -2.37. The minimum Gasteiger partial charge on any atom is -0.493 e. The predicted molar refractivity (Wildman–Crippen MR) is 92.5 cm³/mol. The average Bonchev–Trinajstić information content (AvgIpc) is 2.58. The lowest BCUT2D eigenvalue weighted by atomic mass is 9.89. The number of hydrogen-bond acceptors (Lipinski definition) is 3. The monoisotopic (exact) mass is 308 g/mol. The first-order valence-electron chi connectivity index (χ1n) is 8.49. The van der Waals surface area contributed by atoms with Crippen molar-refractivity contribution in [3.8, 4) is 5.75 Å². The van der Waals surface area contributed by atoms with Crippen LogP contribution in [0.2, 0.25) is 0 Å². The van der Waals surface area contributed by atoms with Crippen LogP contribution in [0, 0.1) is 12.8 Å². The fourth-order valence-electron chi connectivity index (χ4n) is 3.82. The Hall–Kier alpha value is -1.84. The van der Waals surface area contributed by atoms with Gasteiger partial charge >= 0.3 is 0 Å². The number of aryl methyl sites for hydroxylation is 1. The van der Waals surface area contributed by atoms with Gasteiger partial charge < -0.3 is 10.5 Å². The van der Waals surface area contributed by atoms with Gasteiger partial charge in [-0.3, -0.25) is 4.90 Å². The van der Waals surface area contributed by atoms with Crippen molar-refractivity contribution < 1.29 is 4.74 Å². The Morgan fingerprint density at radius 1 is 1.17 bits per heavy atom. The van der Waals surface area contributed by atoms with Crippen molar-refractivity contribution in [1.82, 2.24) is 4.90 Å². The lowest BCUT2D eigenvalue weighted by molar-refractivity contribution is 0.131. The molecule has 0 radical (unpaired) electrons. The highest BCUT2D eigenvalue weighted by Gasteiger charge is 2.30. The van der Waals surface area contributed by atoms with Gasteiger partial charge in [-0.05, 0) is 30.5 Å². The number of hydrogen-bond donors (Lipinski definition) is 1. The fraction of sp³-hybridized carbons (Fsp3) is 0.400. The smallest absolute Gasteiger partial charge is 0.124 e. The van der Waals surface area contributed by atoms with Crippen molar-refractivity contribution in [3.05, 3.63) is 64.7 Å². The summed E-state index contributed by atoms with van der Waals surface area (Å²) in [5.41, 5.74) is 11.9. The number of fused-ring (bicyclic) bond motifs is 2. The van der Waals surface area contributed by atoms with Gasteiger partial charge in [0.05, 0.1) is 6.61 Å². The maximum atomic E-state index is 6.56. The maximum absolute atomic E-state index is 6.56. The Kier molecular flexibility index (Phi) is 3.83. The summed E-state index contributed by atoms with van der Waals surface area (Å²) in [4.78, 5) is 2.52. The molecule has 2 aliphatic heterocycles. The summed E-state index contributed by atoms with van der Waals surface area (Å²) in [7, 11) is 0. The molecule has 0 fully saturated rings. The van der Waals surface area contributed by atoms with E-state index in [1.54, 1.807) is 0 Å². The van der Waals surface area contributed by atoms with Gasteiger partial charge in [0.15, 0.2) is 0 Å². The molecule has 120 valence electrons. The molecule has 2 aromatic rings. The molecule has 3 heteroatoms. The normalized spacial score (nSPS) is 23.7. The zero-order chi connectivity index (χ0) is 15.8. The third-order valence-corrected chi connectivity index (χ3v) is 5.19. The van der Waals surface area contributed by atoms with Gasteiger partial charge in [0.25, 0.3) is 0 Å². The number of nitrogens with zero attached hydrogens (tertiary/aromatic N) is 1. The van der Waals surface area contributed by atoms with Crippen molar-refractivity contribution >= 4 is 0 Å². The van der Waals surface area contributed by atoms with Gasteiger partial charge in [-0.2, -0.15) is 0 Å². The first-order valence-corrected chi connectivity index (χ1v) is 8.49. The van der Waals surface area contributed by atoms with Crippen LogP contribution in [0.25, 0.3) is 0 Å². The van der Waals surface area contributed by atoms with E-state index in [-0.39, 0.29) is 6.04 Å². The average molecular weight is 308 g/mol. The lowest BCUT2D eigenvalue weighted by Crippen LogP contribution is -2.42. The SMILES string of the molecule is Cc1ccc2c(c1)C(N)C(CN1CCc3ccccc3C1)CO2. The highest BCUT2D eigenvalue weighted by Crippen LogP contribution is 2.35. The van der Waals surface area contributed by atoms with E-state index >= 15 is 0 Å². The Morgan fingerprint density at radius 2 is 2.00 bits per heavy atom. The Morgan fingerprint density at radius 3 is 2.87 bits per heavy atom. The molecule has 2 aromatic carbocycles. The molecule has 0 saturated heterocycles. The van der Waals surface area contributed by atoms with E-state index in [1.165, 1.54) is 22.3 Å². The summed E-state index contributed by atoms with van der Waals surface area (Å²) in [5.74, 6) is 1.32. The van der Waals surface area contributed by atoms with Crippen molar-refractivity contribution in [1.29, 1.82) is 0 Å². The molecule has 0 amide bonds. The molecule has 2 unspecified atom stereocenters. The summed E-state index contributed by atoms with van der Waals surface area (Å²) in [5, 5.41) is 0. The van der Waals surface area contributed by atoms with Crippen LogP contribution < -0.4 is 10.5 Å². The predicted octanol–water partition coefficient (Wildman–Crippen LogP) is 3.06. The first-order chi connectivity index (χ1) is 11.2. The summed E-state index contributed by atoms with van der Waals surface area (Å²) in [6.45, 7) is 5.97. The molecule has 2 N–H and O–H groups in total. The molecule has 0 bridgehead atoms. The molecule has 3 nitrogen and oxygen atoms in total. The second kappa shape index (κ2) is 5.99. The van der Waals surface area contributed by atoms with Crippen LogP contribution >= 0.6 is 0 Å². The highest BCUT2D eigenvalue weighted by molar-refractivity contribution is 5.41. The van der Waals surface area contributed by atoms with Gasteiger partial charge in [-0.15, -0.1) is 0 Å². The van der Waals surface area contributed by atoms with E-state index in [0.717, 1.165) is 38.4 Å². The largest absolute Gasteiger partial charge is 0.493 e. The topological polar surface area (TPSA) is 38.5 Å². The van der Waals surface area contributed by atoms with Crippen molar-refractivity contribution in [2.24, 2.45) is 11.7 Å². The first kappa shape index (κ1) is 14.7. The number of benzene rings is 2. The molecule has 2 atom stereocenters. The van der Waals surface area contributed by atoms with Gasteiger partial charge in [0.1, 0.15) is 5.75 Å². The molecule has 0 aromatic heterocycles. The molecule has 2 heterocycles. The quantitative estimate of drug-likeness (QED) is 0.926. The Labute approximate surface area is 138 Å². The number of nitrogens with two attached hydrogens (primary N) is 1. The van der Waals surface area contributed by atoms with Gasteiger partial charge in [-0.25, -0.2) is 0 Å². The third kappa shape index (κ3) is 2.87. The third-order valence-electron chi connectivity index (χ3n) is 5.19. The highest BCUT2D eigenvalue weighted by atomic mass is 16.5. The van der Waals surface area contributed by atoms with Crippen LogP contribution in [0.1, 0.15) is 28.3 Å². The minimum absolute atomic E-state index is 0.0656. The van der Waals surface area contributed by atoms with E-state index in [9.17, 15) is 0 Å². The maximum Gasteiger partial charge on any atom is 0.124 e. The van der Waals surface area contributed by atoms with E-state index in [4.69, 9.17) is 10.5 Å². The van der Waals surface area contributed by atoms with E-state index in [0.29, 0.717) is 5.92 Å². The van der Waals surface area contributed by atoms with Crippen LogP contribution in [0.5, 0.6) is 5.75 Å². The van der Waals surface area contributed by atoms with Gasteiger partial charge in [0, 0.05) is 37.2 Å². The van der Waals surface area contributed by atoms with Crippen LogP contribution in [0.3, 0.4) is 0 Å². The second-order valence-corrected chi connectivity index (χ2v) is 6.89. The molecular formula is C20H24N2O. The summed E-state index contributed by atoms with van der Waals surface area (Å²) in [6, 6.07) is 15.2. The molecule has 0 aliphatic carbocycles.